The van der Waals surface area contributed by atoms with Gasteiger partial charge in [-0.15, -0.1) is 0 Å². The molecule has 13 heavy (non-hydrogen) atoms. The Kier molecular flexibility index (Phi) is 6.45. The SMILES string of the molecule is COCc1ccccc1.C[N+](=O)[O-]. The van der Waals surface area contributed by atoms with E-state index in [0.29, 0.717) is 6.61 Å². The van der Waals surface area contributed by atoms with E-state index in [4.69, 9.17) is 14.9 Å². The zero-order valence-corrected chi connectivity index (χ0v) is 7.77. The molecular weight excluding hydrogens is 170 g/mol. The van der Waals surface area contributed by atoms with Crippen LogP contribution in [-0.2, 0) is 11.3 Å². The van der Waals surface area contributed by atoms with E-state index in [9.17, 15) is 0 Å². The van der Waals surface area contributed by atoms with E-state index in [2.05, 4.69) is 0 Å². The minimum atomic E-state index is -0.500. The van der Waals surface area contributed by atoms with Crippen molar-refractivity contribution in [2.75, 3.05) is 14.2 Å². The summed E-state index contributed by atoms with van der Waals surface area (Å²) in [4.78, 5) is 8.31. The molecule has 1 aromatic rings. The van der Waals surface area contributed by atoms with Gasteiger partial charge in [-0.2, -0.15) is 0 Å². The van der Waals surface area contributed by atoms with Crippen LogP contribution in [0.2, 0.25) is 0 Å². The fourth-order valence-electron chi connectivity index (χ4n) is 0.741. The van der Waals surface area contributed by atoms with Crippen molar-refractivity contribution in [2.45, 2.75) is 6.61 Å². The van der Waals surface area contributed by atoms with Crippen molar-refractivity contribution in [3.8, 4) is 0 Å². The van der Waals surface area contributed by atoms with Crippen molar-refractivity contribution in [3.63, 3.8) is 0 Å². The van der Waals surface area contributed by atoms with Gasteiger partial charge in [-0.25, -0.2) is 0 Å². The lowest BCUT2D eigenvalue weighted by Crippen LogP contribution is -1.84. The molecule has 0 aliphatic rings. The first kappa shape index (κ1) is 11.6. The van der Waals surface area contributed by atoms with Gasteiger partial charge in [-0.05, 0) is 5.56 Å². The minimum Gasteiger partial charge on any atom is -0.380 e. The number of hydrogen-bond acceptors (Lipinski definition) is 3. The molecule has 0 amide bonds. The van der Waals surface area contributed by atoms with Gasteiger partial charge in [0.1, 0.15) is 0 Å². The standard InChI is InChI=1S/C8H10O.CH3NO2/c1-9-7-8-5-3-2-4-6-8;1-2(3)4/h2-6H,7H2,1H3;1H3. The predicted octanol–water partition coefficient (Wildman–Crippen LogP) is 1.73. The molecule has 0 aliphatic heterocycles. The van der Waals surface area contributed by atoms with Crippen molar-refractivity contribution in [1.29, 1.82) is 0 Å². The highest BCUT2D eigenvalue weighted by molar-refractivity contribution is 5.13. The van der Waals surface area contributed by atoms with Gasteiger partial charge < -0.3 is 4.74 Å². The summed E-state index contributed by atoms with van der Waals surface area (Å²) < 4.78 is 4.93. The first-order chi connectivity index (χ1) is 6.16. The van der Waals surface area contributed by atoms with Crippen LogP contribution in [-0.4, -0.2) is 19.1 Å². The van der Waals surface area contributed by atoms with Crippen LogP contribution in [0.3, 0.4) is 0 Å². The summed E-state index contributed by atoms with van der Waals surface area (Å²) in [7, 11) is 2.59. The second-order valence-corrected chi connectivity index (χ2v) is 2.36. The van der Waals surface area contributed by atoms with Gasteiger partial charge in [0.25, 0.3) is 0 Å². The normalized spacial score (nSPS) is 8.46. The Hall–Kier alpha value is -1.42. The average molecular weight is 183 g/mol. The Morgan fingerprint density at radius 3 is 2.23 bits per heavy atom. The smallest absolute Gasteiger partial charge is 0.194 e. The fraction of sp³-hybridized carbons (Fsp3) is 0.333. The second-order valence-electron chi connectivity index (χ2n) is 2.36. The molecule has 4 nitrogen and oxygen atoms in total. The monoisotopic (exact) mass is 183 g/mol. The fourth-order valence-corrected chi connectivity index (χ4v) is 0.741. The summed E-state index contributed by atoms with van der Waals surface area (Å²) in [6, 6.07) is 10.1. The molecule has 1 rings (SSSR count). The Morgan fingerprint density at radius 2 is 1.85 bits per heavy atom. The van der Waals surface area contributed by atoms with Gasteiger partial charge in [0.05, 0.1) is 6.61 Å². The molecule has 0 aromatic heterocycles. The van der Waals surface area contributed by atoms with Gasteiger partial charge in [-0.1, -0.05) is 30.3 Å². The third-order valence-corrected chi connectivity index (χ3v) is 1.15. The first-order valence-corrected chi connectivity index (χ1v) is 3.77. The molecule has 0 radical (unpaired) electrons. The third-order valence-electron chi connectivity index (χ3n) is 1.15. The molecule has 0 heterocycles. The number of hydrogen-bond donors (Lipinski definition) is 0. The summed E-state index contributed by atoms with van der Waals surface area (Å²) in [5.74, 6) is 0. The van der Waals surface area contributed by atoms with Crippen LogP contribution in [0.15, 0.2) is 30.3 Å². The number of methoxy groups -OCH3 is 1. The average Bonchev–Trinajstić information content (AvgIpc) is 2.06. The van der Waals surface area contributed by atoms with Crippen molar-refractivity contribution in [3.05, 3.63) is 46.0 Å². The van der Waals surface area contributed by atoms with Crippen LogP contribution >= 0.6 is 0 Å². The van der Waals surface area contributed by atoms with Gasteiger partial charge in [0.2, 0.25) is 0 Å². The van der Waals surface area contributed by atoms with E-state index in [1.165, 1.54) is 5.56 Å². The molecule has 4 heteroatoms. The van der Waals surface area contributed by atoms with Crippen LogP contribution in [0, 0.1) is 10.1 Å². The summed E-state index contributed by atoms with van der Waals surface area (Å²) in [6.07, 6.45) is 0. The van der Waals surface area contributed by atoms with Crippen LogP contribution < -0.4 is 0 Å². The molecule has 0 N–H and O–H groups in total. The number of benzene rings is 1. The summed E-state index contributed by atoms with van der Waals surface area (Å²) in [5.41, 5.74) is 1.22. The van der Waals surface area contributed by atoms with E-state index in [-0.39, 0.29) is 0 Å². The molecule has 0 atom stereocenters. The van der Waals surface area contributed by atoms with Crippen molar-refractivity contribution in [1.82, 2.24) is 0 Å². The molecular formula is C9H13NO3. The maximum absolute atomic E-state index is 8.81. The van der Waals surface area contributed by atoms with Crippen LogP contribution in [0.1, 0.15) is 5.56 Å². The van der Waals surface area contributed by atoms with Crippen LogP contribution in [0.5, 0.6) is 0 Å². The number of nitro groups is 1. The Morgan fingerprint density at radius 1 is 1.38 bits per heavy atom. The molecule has 0 unspecified atom stereocenters. The number of nitrogens with zero attached hydrogens (tertiary/aromatic N) is 1. The topological polar surface area (TPSA) is 52.4 Å². The summed E-state index contributed by atoms with van der Waals surface area (Å²) in [5, 5.41) is 8.81. The summed E-state index contributed by atoms with van der Waals surface area (Å²) >= 11 is 0. The Labute approximate surface area is 77.3 Å². The van der Waals surface area contributed by atoms with E-state index >= 15 is 0 Å². The van der Waals surface area contributed by atoms with E-state index < -0.39 is 4.92 Å². The molecule has 0 bridgehead atoms. The van der Waals surface area contributed by atoms with Gasteiger partial charge in [-0.3, -0.25) is 10.1 Å². The molecule has 72 valence electrons. The Balaban J connectivity index is 0.000000310. The molecule has 0 saturated heterocycles. The zero-order valence-electron chi connectivity index (χ0n) is 7.77. The van der Waals surface area contributed by atoms with Gasteiger partial charge in [0, 0.05) is 12.0 Å². The quantitative estimate of drug-likeness (QED) is 0.518. The minimum absolute atomic E-state index is 0.500. The van der Waals surface area contributed by atoms with E-state index in [0.717, 1.165) is 7.05 Å². The molecule has 0 aliphatic carbocycles. The Bertz CT molecular complexity index is 232. The maximum Gasteiger partial charge on any atom is 0.194 e. The van der Waals surface area contributed by atoms with Crippen LogP contribution in [0.4, 0.5) is 0 Å². The number of ether oxygens (including phenoxy) is 1. The molecule has 0 spiro atoms. The molecule has 1 aromatic carbocycles. The lowest BCUT2D eigenvalue weighted by atomic mass is 10.2. The largest absolute Gasteiger partial charge is 0.380 e. The highest BCUT2D eigenvalue weighted by atomic mass is 16.6. The second kappa shape index (κ2) is 7.24. The van der Waals surface area contributed by atoms with Gasteiger partial charge in [0.15, 0.2) is 7.05 Å². The zero-order chi connectivity index (χ0) is 10.1. The van der Waals surface area contributed by atoms with Crippen LogP contribution in [0.25, 0.3) is 0 Å². The van der Waals surface area contributed by atoms with Crippen molar-refractivity contribution >= 4 is 0 Å². The predicted molar refractivity (Wildman–Crippen MR) is 50.1 cm³/mol. The lowest BCUT2D eigenvalue weighted by molar-refractivity contribution is -0.445. The van der Waals surface area contributed by atoms with E-state index in [1.54, 1.807) is 7.11 Å². The molecule has 0 fully saturated rings. The summed E-state index contributed by atoms with van der Waals surface area (Å²) in [6.45, 7) is 0.709. The maximum atomic E-state index is 8.81. The van der Waals surface area contributed by atoms with Crippen molar-refractivity contribution in [2.24, 2.45) is 0 Å². The van der Waals surface area contributed by atoms with Crippen molar-refractivity contribution < 1.29 is 9.66 Å². The highest BCUT2D eigenvalue weighted by Gasteiger charge is 1.84. The third kappa shape index (κ3) is 8.49. The first-order valence-electron chi connectivity index (χ1n) is 3.77. The lowest BCUT2D eigenvalue weighted by Gasteiger charge is -1.95. The van der Waals surface area contributed by atoms with Gasteiger partial charge >= 0.3 is 0 Å². The molecule has 0 saturated carbocycles. The van der Waals surface area contributed by atoms with E-state index in [1.807, 2.05) is 30.3 Å². The number of rotatable bonds is 2. The highest BCUT2D eigenvalue weighted by Crippen LogP contribution is 1.98.